The second kappa shape index (κ2) is 5.76. The first-order valence-electron chi connectivity index (χ1n) is 4.67. The SMILES string of the molecule is O=C(CCl)N[C@@H]1[C@@H](O)[C@H](O)[C@@H](CO)O[C@@H]1O. The van der Waals surface area contributed by atoms with Crippen molar-refractivity contribution in [3.8, 4) is 0 Å². The highest BCUT2D eigenvalue weighted by molar-refractivity contribution is 6.27. The number of hydrogen-bond donors (Lipinski definition) is 5. The van der Waals surface area contributed by atoms with Gasteiger partial charge in [0.05, 0.1) is 6.61 Å². The molecule has 0 aromatic rings. The molecular formula is C8H14ClNO6. The molecule has 16 heavy (non-hydrogen) atoms. The lowest BCUT2D eigenvalue weighted by Crippen LogP contribution is -2.64. The predicted molar refractivity (Wildman–Crippen MR) is 52.6 cm³/mol. The third-order valence-electron chi connectivity index (χ3n) is 2.35. The molecule has 1 amide bonds. The molecule has 7 nitrogen and oxygen atoms in total. The average Bonchev–Trinajstić information content (AvgIpc) is 2.28. The zero-order valence-corrected chi connectivity index (χ0v) is 9.04. The third-order valence-corrected chi connectivity index (χ3v) is 2.59. The first-order valence-corrected chi connectivity index (χ1v) is 5.20. The molecular weight excluding hydrogens is 242 g/mol. The Morgan fingerprint density at radius 3 is 2.44 bits per heavy atom. The average molecular weight is 256 g/mol. The van der Waals surface area contributed by atoms with Gasteiger partial charge in [-0.1, -0.05) is 0 Å². The minimum Gasteiger partial charge on any atom is -0.394 e. The summed E-state index contributed by atoms with van der Waals surface area (Å²) < 4.78 is 4.81. The summed E-state index contributed by atoms with van der Waals surface area (Å²) in [6.45, 7) is -0.550. The fourth-order valence-electron chi connectivity index (χ4n) is 1.48. The Labute approximate surface area is 96.6 Å². The molecule has 8 heteroatoms. The monoisotopic (exact) mass is 255 g/mol. The van der Waals surface area contributed by atoms with Crippen LogP contribution in [-0.2, 0) is 9.53 Å². The molecule has 0 aliphatic carbocycles. The Morgan fingerprint density at radius 2 is 1.94 bits per heavy atom. The molecule has 0 radical (unpaired) electrons. The van der Waals surface area contributed by atoms with Crippen LogP contribution in [0.5, 0.6) is 0 Å². The molecule has 0 bridgehead atoms. The van der Waals surface area contributed by atoms with Gasteiger partial charge in [0.2, 0.25) is 5.91 Å². The number of rotatable bonds is 3. The molecule has 0 unspecified atom stereocenters. The van der Waals surface area contributed by atoms with Crippen molar-refractivity contribution in [3.63, 3.8) is 0 Å². The van der Waals surface area contributed by atoms with Gasteiger partial charge in [-0.25, -0.2) is 0 Å². The molecule has 1 aliphatic heterocycles. The normalized spacial score (nSPS) is 39.4. The van der Waals surface area contributed by atoms with E-state index < -0.39 is 43.2 Å². The Morgan fingerprint density at radius 1 is 1.31 bits per heavy atom. The van der Waals surface area contributed by atoms with Crippen LogP contribution in [0.4, 0.5) is 0 Å². The summed E-state index contributed by atoms with van der Waals surface area (Å²) in [5, 5.41) is 39.5. The van der Waals surface area contributed by atoms with Crippen molar-refractivity contribution >= 4 is 17.5 Å². The minimum atomic E-state index is -1.51. The van der Waals surface area contributed by atoms with E-state index in [9.17, 15) is 20.1 Å². The Bertz CT molecular complexity index is 253. The minimum absolute atomic E-state index is 0.338. The van der Waals surface area contributed by atoms with Crippen molar-refractivity contribution < 1.29 is 30.0 Å². The van der Waals surface area contributed by atoms with Crippen molar-refractivity contribution in [1.82, 2.24) is 5.32 Å². The molecule has 0 aromatic heterocycles. The number of amides is 1. The Hall–Kier alpha value is -0.440. The number of ether oxygens (including phenoxy) is 1. The number of alkyl halides is 1. The molecule has 94 valence electrons. The van der Waals surface area contributed by atoms with E-state index in [0.717, 1.165) is 0 Å². The van der Waals surface area contributed by atoms with Crippen LogP contribution in [0, 0.1) is 0 Å². The van der Waals surface area contributed by atoms with Gasteiger partial charge in [-0.05, 0) is 0 Å². The zero-order chi connectivity index (χ0) is 12.3. The van der Waals surface area contributed by atoms with Crippen LogP contribution in [0.1, 0.15) is 0 Å². The van der Waals surface area contributed by atoms with E-state index in [2.05, 4.69) is 5.32 Å². The van der Waals surface area contributed by atoms with Crippen LogP contribution in [-0.4, -0.2) is 69.5 Å². The van der Waals surface area contributed by atoms with Gasteiger partial charge in [0.25, 0.3) is 0 Å². The van der Waals surface area contributed by atoms with Crippen LogP contribution in [0.25, 0.3) is 0 Å². The van der Waals surface area contributed by atoms with Gasteiger partial charge in [-0.15, -0.1) is 11.6 Å². The third kappa shape index (κ3) is 2.82. The van der Waals surface area contributed by atoms with E-state index in [0.29, 0.717) is 0 Å². The van der Waals surface area contributed by atoms with Crippen LogP contribution in [0.2, 0.25) is 0 Å². The predicted octanol–water partition coefficient (Wildman–Crippen LogP) is -2.86. The van der Waals surface area contributed by atoms with Crippen molar-refractivity contribution in [1.29, 1.82) is 0 Å². The molecule has 0 spiro atoms. The molecule has 5 N–H and O–H groups in total. The molecule has 1 saturated heterocycles. The van der Waals surface area contributed by atoms with Gasteiger partial charge in [-0.2, -0.15) is 0 Å². The first-order chi connectivity index (χ1) is 7.51. The topological polar surface area (TPSA) is 119 Å². The lowest BCUT2D eigenvalue weighted by molar-refractivity contribution is -0.253. The van der Waals surface area contributed by atoms with Gasteiger partial charge < -0.3 is 30.5 Å². The standard InChI is InChI=1S/C8H14ClNO6/c9-1-4(12)10-5-7(14)6(13)3(2-11)16-8(5)15/h3,5-8,11,13-15H,1-2H2,(H,10,12)/t3-,5-,6-,7-,8+/m1/s1. The van der Waals surface area contributed by atoms with Crippen molar-refractivity contribution in [2.24, 2.45) is 0 Å². The lowest BCUT2D eigenvalue weighted by Gasteiger charge is -2.40. The summed E-state index contributed by atoms with van der Waals surface area (Å²) in [4.78, 5) is 11.0. The van der Waals surface area contributed by atoms with E-state index in [-0.39, 0.29) is 5.88 Å². The largest absolute Gasteiger partial charge is 0.394 e. The smallest absolute Gasteiger partial charge is 0.235 e. The highest BCUT2D eigenvalue weighted by Crippen LogP contribution is 2.19. The first kappa shape index (κ1) is 13.6. The maximum Gasteiger partial charge on any atom is 0.235 e. The quantitative estimate of drug-likeness (QED) is 0.346. The molecule has 1 fully saturated rings. The van der Waals surface area contributed by atoms with E-state index in [1.165, 1.54) is 0 Å². The highest BCUT2D eigenvalue weighted by Gasteiger charge is 2.44. The van der Waals surface area contributed by atoms with Gasteiger partial charge in [-0.3, -0.25) is 4.79 Å². The maximum absolute atomic E-state index is 11.0. The summed E-state index contributed by atoms with van der Waals surface area (Å²) in [6.07, 6.45) is -5.43. The summed E-state index contributed by atoms with van der Waals surface area (Å²) in [7, 11) is 0. The number of nitrogens with one attached hydrogen (secondary N) is 1. The van der Waals surface area contributed by atoms with E-state index in [1.807, 2.05) is 0 Å². The molecule has 0 aromatic carbocycles. The van der Waals surface area contributed by atoms with Gasteiger partial charge in [0, 0.05) is 0 Å². The molecule has 1 aliphatic rings. The van der Waals surface area contributed by atoms with Gasteiger partial charge >= 0.3 is 0 Å². The maximum atomic E-state index is 11.0. The van der Waals surface area contributed by atoms with E-state index >= 15 is 0 Å². The second-order valence-corrected chi connectivity index (χ2v) is 3.72. The second-order valence-electron chi connectivity index (χ2n) is 3.46. The highest BCUT2D eigenvalue weighted by atomic mass is 35.5. The fraction of sp³-hybridized carbons (Fsp3) is 0.875. The lowest BCUT2D eigenvalue weighted by atomic mass is 9.97. The molecule has 0 saturated carbocycles. The fourth-order valence-corrected chi connectivity index (χ4v) is 1.55. The number of carbonyl (C=O) groups is 1. The number of aliphatic hydroxyl groups is 4. The summed E-state index contributed by atoms with van der Waals surface area (Å²) in [6, 6.07) is -1.18. The van der Waals surface area contributed by atoms with Crippen molar-refractivity contribution in [3.05, 3.63) is 0 Å². The number of aliphatic hydroxyl groups excluding tert-OH is 4. The Balaban J connectivity index is 2.67. The van der Waals surface area contributed by atoms with Crippen LogP contribution in [0.3, 0.4) is 0 Å². The van der Waals surface area contributed by atoms with Gasteiger partial charge in [0.1, 0.15) is 30.2 Å². The van der Waals surface area contributed by atoms with Crippen molar-refractivity contribution in [2.45, 2.75) is 30.6 Å². The molecule has 5 atom stereocenters. The summed E-state index contributed by atoms with van der Waals surface area (Å²) in [5.74, 6) is -0.946. The number of carbonyl (C=O) groups excluding carboxylic acids is 1. The van der Waals surface area contributed by atoms with Crippen molar-refractivity contribution in [2.75, 3.05) is 12.5 Å². The van der Waals surface area contributed by atoms with Crippen LogP contribution >= 0.6 is 11.6 Å². The molecule has 1 rings (SSSR count). The number of hydrogen-bond acceptors (Lipinski definition) is 6. The zero-order valence-electron chi connectivity index (χ0n) is 8.28. The Kier molecular flexibility index (Phi) is 4.90. The van der Waals surface area contributed by atoms with Gasteiger partial charge in [0.15, 0.2) is 6.29 Å². The van der Waals surface area contributed by atoms with Crippen LogP contribution < -0.4 is 5.32 Å². The number of halogens is 1. The van der Waals surface area contributed by atoms with E-state index in [1.54, 1.807) is 0 Å². The van der Waals surface area contributed by atoms with Crippen LogP contribution in [0.15, 0.2) is 0 Å². The summed E-state index contributed by atoms with van der Waals surface area (Å²) >= 11 is 5.24. The van der Waals surface area contributed by atoms with E-state index in [4.69, 9.17) is 21.4 Å². The summed E-state index contributed by atoms with van der Waals surface area (Å²) in [5.41, 5.74) is 0. The molecule has 1 heterocycles.